The van der Waals surface area contributed by atoms with E-state index in [2.05, 4.69) is 0 Å². The van der Waals surface area contributed by atoms with Gasteiger partial charge in [0.05, 0.1) is 6.10 Å². The highest BCUT2D eigenvalue weighted by atomic mass is 16.3. The second kappa shape index (κ2) is 2.57. The van der Waals surface area contributed by atoms with Crippen LogP contribution in [-0.4, -0.2) is 10.6 Å². The molecule has 64 valence electrons. The summed E-state index contributed by atoms with van der Waals surface area (Å²) in [5.74, 6) is 0. The highest BCUT2D eigenvalue weighted by molar-refractivity contribution is 5.24. The molecule has 0 radical (unpaired) electrons. The van der Waals surface area contributed by atoms with Crippen molar-refractivity contribution in [1.82, 2.24) is 0 Å². The normalized spacial score (nSPS) is 21.8. The minimum Gasteiger partial charge on any atom is -0.386 e. The summed E-state index contributed by atoms with van der Waals surface area (Å²) in [5, 5.41) is 9.79. The molecule has 0 heterocycles. The Kier molecular flexibility index (Phi) is 1.67. The van der Waals surface area contributed by atoms with Crippen molar-refractivity contribution in [3.63, 3.8) is 0 Å². The molecule has 1 aliphatic carbocycles. The third-order valence-corrected chi connectivity index (χ3v) is 2.49. The Balaban J connectivity index is 2.20. The van der Waals surface area contributed by atoms with E-state index in [4.69, 9.17) is 5.73 Å². The van der Waals surface area contributed by atoms with Crippen molar-refractivity contribution >= 4 is 0 Å². The zero-order valence-corrected chi connectivity index (χ0v) is 6.90. The van der Waals surface area contributed by atoms with Gasteiger partial charge in [-0.1, -0.05) is 30.3 Å². The molecule has 0 saturated heterocycles. The van der Waals surface area contributed by atoms with Gasteiger partial charge in [0.2, 0.25) is 0 Å². The van der Waals surface area contributed by atoms with Gasteiger partial charge in [-0.2, -0.15) is 0 Å². The molecule has 1 fully saturated rings. The summed E-state index contributed by atoms with van der Waals surface area (Å²) in [6, 6.07) is 9.61. The maximum atomic E-state index is 9.79. The van der Waals surface area contributed by atoms with Crippen LogP contribution in [0, 0.1) is 0 Å². The lowest BCUT2D eigenvalue weighted by Crippen LogP contribution is -2.30. The van der Waals surface area contributed by atoms with Crippen LogP contribution < -0.4 is 5.73 Å². The lowest BCUT2D eigenvalue weighted by Gasteiger charge is -2.17. The van der Waals surface area contributed by atoms with Gasteiger partial charge in [-0.25, -0.2) is 0 Å². The molecule has 0 amide bonds. The fourth-order valence-electron chi connectivity index (χ4n) is 1.39. The van der Waals surface area contributed by atoms with E-state index in [1.165, 1.54) is 0 Å². The van der Waals surface area contributed by atoms with Gasteiger partial charge in [0, 0.05) is 5.54 Å². The Labute approximate surface area is 72.0 Å². The molecule has 1 atom stereocenters. The number of hydrogen-bond donors (Lipinski definition) is 2. The van der Waals surface area contributed by atoms with E-state index >= 15 is 0 Å². The molecular formula is C10H13NO. The first-order valence-corrected chi connectivity index (χ1v) is 4.24. The summed E-state index contributed by atoms with van der Waals surface area (Å²) in [6.45, 7) is 0. The molecule has 0 spiro atoms. The smallest absolute Gasteiger partial charge is 0.0969 e. The molecular weight excluding hydrogens is 150 g/mol. The van der Waals surface area contributed by atoms with Crippen LogP contribution in [0.4, 0.5) is 0 Å². The minimum atomic E-state index is -0.487. The molecule has 12 heavy (non-hydrogen) atoms. The van der Waals surface area contributed by atoms with Crippen molar-refractivity contribution in [2.75, 3.05) is 0 Å². The number of hydrogen-bond acceptors (Lipinski definition) is 2. The maximum absolute atomic E-state index is 9.79. The van der Waals surface area contributed by atoms with Gasteiger partial charge in [0.15, 0.2) is 0 Å². The summed E-state index contributed by atoms with van der Waals surface area (Å²) in [4.78, 5) is 0. The quantitative estimate of drug-likeness (QED) is 0.688. The summed E-state index contributed by atoms with van der Waals surface area (Å²) >= 11 is 0. The minimum absolute atomic E-state index is 0.332. The van der Waals surface area contributed by atoms with Gasteiger partial charge in [0.25, 0.3) is 0 Å². The molecule has 1 aromatic rings. The van der Waals surface area contributed by atoms with Crippen molar-refractivity contribution in [2.45, 2.75) is 24.5 Å². The summed E-state index contributed by atoms with van der Waals surface area (Å²) in [6.07, 6.45) is 1.38. The standard InChI is InChI=1S/C10H13NO/c11-10(6-7-10)9(12)8-4-2-1-3-5-8/h1-5,9,12H,6-7,11H2/t9-/m0/s1. The first-order valence-electron chi connectivity index (χ1n) is 4.24. The van der Waals surface area contributed by atoms with Crippen molar-refractivity contribution in [3.8, 4) is 0 Å². The topological polar surface area (TPSA) is 46.2 Å². The van der Waals surface area contributed by atoms with Crippen molar-refractivity contribution in [3.05, 3.63) is 35.9 Å². The Bertz CT molecular complexity index is 266. The molecule has 0 aliphatic heterocycles. The van der Waals surface area contributed by atoms with E-state index in [0.717, 1.165) is 18.4 Å². The average Bonchev–Trinajstić information content (AvgIpc) is 2.85. The Morgan fingerprint density at radius 2 is 1.83 bits per heavy atom. The fraction of sp³-hybridized carbons (Fsp3) is 0.400. The lowest BCUT2D eigenvalue weighted by atomic mass is 10.0. The van der Waals surface area contributed by atoms with Crippen LogP contribution in [0.5, 0.6) is 0 Å². The number of aliphatic hydroxyl groups is 1. The van der Waals surface area contributed by atoms with E-state index in [9.17, 15) is 5.11 Å². The van der Waals surface area contributed by atoms with Crippen molar-refractivity contribution < 1.29 is 5.11 Å². The molecule has 1 aromatic carbocycles. The second-order valence-corrected chi connectivity index (χ2v) is 3.55. The van der Waals surface area contributed by atoms with Gasteiger partial charge >= 0.3 is 0 Å². The van der Waals surface area contributed by atoms with Gasteiger partial charge < -0.3 is 10.8 Å². The maximum Gasteiger partial charge on any atom is 0.0969 e. The third kappa shape index (κ3) is 1.24. The fourth-order valence-corrected chi connectivity index (χ4v) is 1.39. The highest BCUT2D eigenvalue weighted by Crippen LogP contribution is 2.43. The van der Waals surface area contributed by atoms with Gasteiger partial charge in [-0.05, 0) is 18.4 Å². The van der Waals surface area contributed by atoms with E-state index < -0.39 is 6.10 Å². The van der Waals surface area contributed by atoms with E-state index in [-0.39, 0.29) is 5.54 Å². The lowest BCUT2D eigenvalue weighted by molar-refractivity contribution is 0.136. The zero-order chi connectivity index (χ0) is 8.60. The molecule has 0 unspecified atom stereocenters. The number of rotatable bonds is 2. The third-order valence-electron chi connectivity index (χ3n) is 2.49. The van der Waals surface area contributed by atoms with E-state index in [1.807, 2.05) is 30.3 Å². The van der Waals surface area contributed by atoms with E-state index in [1.54, 1.807) is 0 Å². The molecule has 2 rings (SSSR count). The SMILES string of the molecule is NC1([C@@H](O)c2ccccc2)CC1. The van der Waals surface area contributed by atoms with Gasteiger partial charge in [-0.15, -0.1) is 0 Å². The largest absolute Gasteiger partial charge is 0.386 e. The van der Waals surface area contributed by atoms with Crippen molar-refractivity contribution in [1.29, 1.82) is 0 Å². The molecule has 1 aliphatic rings. The first kappa shape index (κ1) is 7.77. The van der Waals surface area contributed by atoms with Crippen molar-refractivity contribution in [2.24, 2.45) is 5.73 Å². The van der Waals surface area contributed by atoms with Gasteiger partial charge in [-0.3, -0.25) is 0 Å². The van der Waals surface area contributed by atoms with Crippen LogP contribution in [0.15, 0.2) is 30.3 Å². The van der Waals surface area contributed by atoms with E-state index in [0.29, 0.717) is 0 Å². The molecule has 2 nitrogen and oxygen atoms in total. The van der Waals surface area contributed by atoms with Crippen LogP contribution in [0.3, 0.4) is 0 Å². The van der Waals surface area contributed by atoms with Crippen LogP contribution in [0.1, 0.15) is 24.5 Å². The van der Waals surface area contributed by atoms with Gasteiger partial charge in [0.1, 0.15) is 0 Å². The predicted molar refractivity (Wildman–Crippen MR) is 47.6 cm³/mol. The van der Waals surface area contributed by atoms with Crippen LogP contribution in [0.2, 0.25) is 0 Å². The molecule has 0 bridgehead atoms. The molecule has 1 saturated carbocycles. The molecule has 2 heteroatoms. The Morgan fingerprint density at radius 1 is 1.25 bits per heavy atom. The van der Waals surface area contributed by atoms with Crippen LogP contribution in [0.25, 0.3) is 0 Å². The number of benzene rings is 1. The van der Waals surface area contributed by atoms with Crippen LogP contribution >= 0.6 is 0 Å². The highest BCUT2D eigenvalue weighted by Gasteiger charge is 2.45. The second-order valence-electron chi connectivity index (χ2n) is 3.55. The Hall–Kier alpha value is -0.860. The number of nitrogens with two attached hydrogens (primary N) is 1. The number of aliphatic hydroxyl groups excluding tert-OH is 1. The van der Waals surface area contributed by atoms with Crippen LogP contribution in [-0.2, 0) is 0 Å². The zero-order valence-electron chi connectivity index (χ0n) is 6.90. The first-order chi connectivity index (χ1) is 5.72. The predicted octanol–water partition coefficient (Wildman–Crippen LogP) is 1.21. The Morgan fingerprint density at radius 3 is 2.33 bits per heavy atom. The molecule has 0 aromatic heterocycles. The average molecular weight is 163 g/mol. The molecule has 3 N–H and O–H groups in total. The summed E-state index contributed by atoms with van der Waals surface area (Å²) < 4.78 is 0. The summed E-state index contributed by atoms with van der Waals surface area (Å²) in [5.41, 5.74) is 6.47. The monoisotopic (exact) mass is 163 g/mol. The summed E-state index contributed by atoms with van der Waals surface area (Å²) in [7, 11) is 0.